The standard InChI is InChI=1S/C27H31F2N3O5SSi/c1-6-38(34,35)19-8-10-24(37-25-9-7-18(28)13-23(25)29)20(14-19)22-16-31(2)27(33)26-21(22)15-30-32(26)17-36-11-12-39(3,4)5/h7-10,13-16H,6,11-12,17H2,1-5H3. The van der Waals surface area contributed by atoms with Gasteiger partial charge in [0.15, 0.2) is 21.4 Å². The molecule has 2 aromatic heterocycles. The lowest BCUT2D eigenvalue weighted by Crippen LogP contribution is -2.23. The molecule has 0 radical (unpaired) electrons. The van der Waals surface area contributed by atoms with Crippen molar-refractivity contribution < 1.29 is 26.7 Å². The zero-order valence-corrected chi connectivity index (χ0v) is 24.3. The lowest BCUT2D eigenvalue weighted by molar-refractivity contribution is 0.0815. The van der Waals surface area contributed by atoms with Crippen molar-refractivity contribution in [1.82, 2.24) is 14.3 Å². The van der Waals surface area contributed by atoms with Crippen LogP contribution in [-0.2, 0) is 28.4 Å². The number of benzene rings is 2. The molecule has 12 heteroatoms. The zero-order valence-electron chi connectivity index (χ0n) is 22.5. The molecule has 0 atom stereocenters. The van der Waals surface area contributed by atoms with Crippen molar-refractivity contribution >= 4 is 28.8 Å². The van der Waals surface area contributed by atoms with E-state index in [9.17, 15) is 22.0 Å². The van der Waals surface area contributed by atoms with E-state index in [0.29, 0.717) is 29.2 Å². The number of nitrogens with zero attached hydrogens (tertiary/aromatic N) is 3. The molecule has 0 N–H and O–H groups in total. The molecular formula is C27H31F2N3O5SSi. The number of pyridine rings is 1. The van der Waals surface area contributed by atoms with Crippen LogP contribution in [0.2, 0.25) is 25.7 Å². The van der Waals surface area contributed by atoms with Gasteiger partial charge in [-0.25, -0.2) is 21.9 Å². The summed E-state index contributed by atoms with van der Waals surface area (Å²) in [6.45, 7) is 8.87. The van der Waals surface area contributed by atoms with Gasteiger partial charge in [-0.3, -0.25) is 4.79 Å². The van der Waals surface area contributed by atoms with Crippen molar-refractivity contribution in [3.8, 4) is 22.6 Å². The molecular weight excluding hydrogens is 544 g/mol. The fourth-order valence-corrected chi connectivity index (χ4v) is 5.65. The molecule has 0 aliphatic heterocycles. The maximum Gasteiger partial charge on any atom is 0.276 e. The van der Waals surface area contributed by atoms with Crippen molar-refractivity contribution in [3.63, 3.8) is 0 Å². The Hall–Kier alpha value is -3.35. The molecule has 0 fully saturated rings. The quantitative estimate of drug-likeness (QED) is 0.181. The summed E-state index contributed by atoms with van der Waals surface area (Å²) in [5, 5.41) is 4.82. The number of hydrogen-bond acceptors (Lipinski definition) is 6. The Morgan fingerprint density at radius 1 is 1.03 bits per heavy atom. The van der Waals surface area contributed by atoms with E-state index in [1.165, 1.54) is 40.6 Å². The van der Waals surface area contributed by atoms with Crippen LogP contribution in [0.15, 0.2) is 58.5 Å². The minimum Gasteiger partial charge on any atom is -0.454 e. The molecule has 0 unspecified atom stereocenters. The number of halogens is 2. The third-order valence-electron chi connectivity index (χ3n) is 6.28. The highest BCUT2D eigenvalue weighted by Gasteiger charge is 2.22. The first-order valence-electron chi connectivity index (χ1n) is 12.4. The molecule has 2 heterocycles. The maximum atomic E-state index is 14.5. The summed E-state index contributed by atoms with van der Waals surface area (Å²) in [4.78, 5) is 13.2. The van der Waals surface area contributed by atoms with Gasteiger partial charge in [-0.05, 0) is 36.4 Å². The van der Waals surface area contributed by atoms with Gasteiger partial charge in [-0.15, -0.1) is 0 Å². The molecule has 4 aromatic rings. The number of aryl methyl sites for hydroxylation is 1. The van der Waals surface area contributed by atoms with Gasteiger partial charge < -0.3 is 14.0 Å². The Kier molecular flexibility index (Phi) is 8.10. The van der Waals surface area contributed by atoms with Crippen LogP contribution in [0.4, 0.5) is 8.78 Å². The summed E-state index contributed by atoms with van der Waals surface area (Å²) >= 11 is 0. The predicted octanol–water partition coefficient (Wildman–Crippen LogP) is 5.58. The van der Waals surface area contributed by atoms with E-state index in [-0.39, 0.29) is 40.0 Å². The van der Waals surface area contributed by atoms with Crippen LogP contribution in [0.3, 0.4) is 0 Å². The summed E-state index contributed by atoms with van der Waals surface area (Å²) in [7, 11) is -3.35. The van der Waals surface area contributed by atoms with Gasteiger partial charge in [0.25, 0.3) is 5.56 Å². The lowest BCUT2D eigenvalue weighted by atomic mass is 10.0. The topological polar surface area (TPSA) is 92.4 Å². The van der Waals surface area contributed by atoms with Crippen LogP contribution >= 0.6 is 0 Å². The summed E-state index contributed by atoms with van der Waals surface area (Å²) in [5.41, 5.74) is 0.703. The Morgan fingerprint density at radius 2 is 1.74 bits per heavy atom. The van der Waals surface area contributed by atoms with E-state index in [0.717, 1.165) is 18.2 Å². The molecule has 0 saturated heterocycles. The minimum atomic E-state index is -3.61. The van der Waals surface area contributed by atoms with Crippen molar-refractivity contribution in [2.45, 2.75) is 44.2 Å². The van der Waals surface area contributed by atoms with Crippen molar-refractivity contribution in [2.75, 3.05) is 12.4 Å². The molecule has 2 aromatic carbocycles. The minimum absolute atomic E-state index is 0.0380. The smallest absolute Gasteiger partial charge is 0.276 e. The third kappa shape index (κ3) is 6.29. The molecule has 39 heavy (non-hydrogen) atoms. The van der Waals surface area contributed by atoms with Crippen LogP contribution in [0, 0.1) is 11.6 Å². The molecule has 0 aliphatic carbocycles. The monoisotopic (exact) mass is 575 g/mol. The van der Waals surface area contributed by atoms with Crippen LogP contribution < -0.4 is 10.3 Å². The highest BCUT2D eigenvalue weighted by Crippen LogP contribution is 2.39. The molecule has 0 saturated carbocycles. The second-order valence-electron chi connectivity index (χ2n) is 10.5. The normalized spacial score (nSPS) is 12.3. The lowest BCUT2D eigenvalue weighted by Gasteiger charge is -2.16. The number of aromatic nitrogens is 3. The highest BCUT2D eigenvalue weighted by molar-refractivity contribution is 7.91. The van der Waals surface area contributed by atoms with E-state index >= 15 is 0 Å². The van der Waals surface area contributed by atoms with E-state index < -0.39 is 29.5 Å². The van der Waals surface area contributed by atoms with Gasteiger partial charge >= 0.3 is 0 Å². The average molecular weight is 576 g/mol. The second-order valence-corrected chi connectivity index (χ2v) is 18.4. The second kappa shape index (κ2) is 11.0. The largest absolute Gasteiger partial charge is 0.454 e. The average Bonchev–Trinajstić information content (AvgIpc) is 3.29. The Bertz CT molecular complexity index is 1690. The van der Waals surface area contributed by atoms with Gasteiger partial charge in [0, 0.05) is 50.5 Å². The highest BCUT2D eigenvalue weighted by atomic mass is 32.2. The summed E-state index contributed by atoms with van der Waals surface area (Å²) in [5.74, 6) is -1.93. The molecule has 8 nitrogen and oxygen atoms in total. The first-order chi connectivity index (χ1) is 18.3. The fraction of sp³-hybridized carbons (Fsp3) is 0.333. The number of fused-ring (bicyclic) bond motifs is 1. The van der Waals surface area contributed by atoms with Crippen LogP contribution in [0.5, 0.6) is 11.5 Å². The maximum absolute atomic E-state index is 14.5. The molecule has 0 bridgehead atoms. The predicted molar refractivity (Wildman–Crippen MR) is 149 cm³/mol. The molecule has 208 valence electrons. The number of rotatable bonds is 10. The Labute approximate surface area is 226 Å². The van der Waals surface area contributed by atoms with Gasteiger partial charge in [0.05, 0.1) is 16.8 Å². The number of hydrogen-bond donors (Lipinski definition) is 0. The third-order valence-corrected chi connectivity index (χ3v) is 9.72. The fourth-order valence-electron chi connectivity index (χ4n) is 3.98. The van der Waals surface area contributed by atoms with Crippen molar-refractivity contribution in [1.29, 1.82) is 0 Å². The van der Waals surface area contributed by atoms with Gasteiger partial charge in [-0.1, -0.05) is 26.6 Å². The van der Waals surface area contributed by atoms with Gasteiger partial charge in [0.1, 0.15) is 23.8 Å². The van der Waals surface area contributed by atoms with Crippen LogP contribution in [-0.4, -0.2) is 43.2 Å². The Balaban J connectivity index is 1.86. The molecule has 0 aliphatic rings. The van der Waals surface area contributed by atoms with Crippen molar-refractivity contribution in [3.05, 3.63) is 70.8 Å². The number of ether oxygens (including phenoxy) is 2. The van der Waals surface area contributed by atoms with Crippen LogP contribution in [0.25, 0.3) is 22.0 Å². The first-order valence-corrected chi connectivity index (χ1v) is 17.8. The van der Waals surface area contributed by atoms with Gasteiger partial charge in [-0.2, -0.15) is 5.10 Å². The van der Waals surface area contributed by atoms with E-state index in [1.807, 2.05) is 0 Å². The van der Waals surface area contributed by atoms with E-state index in [1.54, 1.807) is 13.2 Å². The molecule has 0 amide bonds. The zero-order chi connectivity index (χ0) is 28.5. The molecule has 0 spiro atoms. The Morgan fingerprint density at radius 3 is 2.41 bits per heavy atom. The summed E-state index contributed by atoms with van der Waals surface area (Å²) in [6, 6.07) is 8.07. The summed E-state index contributed by atoms with van der Waals surface area (Å²) < 4.78 is 67.8. The van der Waals surface area contributed by atoms with Gasteiger partial charge in [0.2, 0.25) is 0 Å². The molecule has 4 rings (SSSR count). The first kappa shape index (κ1) is 28.6. The van der Waals surface area contributed by atoms with Crippen molar-refractivity contribution in [2.24, 2.45) is 7.05 Å². The van der Waals surface area contributed by atoms with Crippen LogP contribution in [0.1, 0.15) is 6.92 Å². The van der Waals surface area contributed by atoms with E-state index in [4.69, 9.17) is 9.47 Å². The summed E-state index contributed by atoms with van der Waals surface area (Å²) in [6.07, 6.45) is 3.06. The number of sulfone groups is 1. The van der Waals surface area contributed by atoms with E-state index in [2.05, 4.69) is 24.7 Å². The SMILES string of the molecule is CCS(=O)(=O)c1ccc(Oc2ccc(F)cc2F)c(-c2cn(C)c(=O)c3c2cnn3COCC[Si](C)(C)C)c1.